The number of hydrogen-bond acceptors (Lipinski definition) is 4. The number of nitrogens with one attached hydrogen (secondary N) is 2. The van der Waals surface area contributed by atoms with Crippen LogP contribution in [0.15, 0.2) is 48.5 Å². The first-order chi connectivity index (χ1) is 12.9. The molecule has 0 spiro atoms. The number of nitrogens with zero attached hydrogens (tertiary/aromatic N) is 2. The summed E-state index contributed by atoms with van der Waals surface area (Å²) in [6, 6.07) is 15.1. The number of halogens is 1. The van der Waals surface area contributed by atoms with Crippen molar-refractivity contribution in [3.63, 3.8) is 0 Å². The Bertz CT molecular complexity index is 988. The maximum Gasteiger partial charge on any atom is 0.270 e. The molecule has 0 unspecified atom stereocenters. The van der Waals surface area contributed by atoms with Crippen molar-refractivity contribution in [2.24, 2.45) is 0 Å². The molecule has 1 aromatic heterocycles. The number of carbonyl (C=O) groups is 1. The minimum Gasteiger partial charge on any atom is -0.347 e. The number of aryl methyl sites for hydroxylation is 3. The van der Waals surface area contributed by atoms with Crippen LogP contribution < -0.4 is 10.6 Å². The average molecular weight is 381 g/mol. The van der Waals surface area contributed by atoms with Crippen LogP contribution in [-0.4, -0.2) is 15.9 Å². The van der Waals surface area contributed by atoms with Gasteiger partial charge in [0.1, 0.15) is 5.69 Å². The van der Waals surface area contributed by atoms with Gasteiger partial charge in [-0.15, -0.1) is 0 Å². The predicted molar refractivity (Wildman–Crippen MR) is 109 cm³/mol. The van der Waals surface area contributed by atoms with Gasteiger partial charge < -0.3 is 10.6 Å². The third kappa shape index (κ3) is 4.83. The van der Waals surface area contributed by atoms with Gasteiger partial charge in [-0.25, -0.2) is 9.97 Å². The average Bonchev–Trinajstić information content (AvgIpc) is 2.63. The second-order valence-corrected chi connectivity index (χ2v) is 6.84. The Labute approximate surface area is 163 Å². The van der Waals surface area contributed by atoms with Crippen LogP contribution in [0.2, 0.25) is 5.02 Å². The van der Waals surface area contributed by atoms with Gasteiger partial charge >= 0.3 is 0 Å². The predicted octanol–water partition coefficient (Wildman–Crippen LogP) is 4.73. The van der Waals surface area contributed by atoms with Crippen molar-refractivity contribution in [1.82, 2.24) is 15.3 Å². The zero-order chi connectivity index (χ0) is 19.4. The van der Waals surface area contributed by atoms with Gasteiger partial charge in [0.2, 0.25) is 5.95 Å². The molecule has 0 saturated heterocycles. The third-order valence-corrected chi connectivity index (χ3v) is 4.48. The molecular formula is C21H21ClN4O. The quantitative estimate of drug-likeness (QED) is 0.671. The number of amides is 1. The summed E-state index contributed by atoms with van der Waals surface area (Å²) in [5.41, 5.74) is 5.05. The normalized spacial score (nSPS) is 10.5. The summed E-state index contributed by atoms with van der Waals surface area (Å²) in [4.78, 5) is 21.3. The molecule has 0 saturated carbocycles. The summed E-state index contributed by atoms with van der Waals surface area (Å²) in [5, 5.41) is 6.67. The molecule has 1 amide bonds. The Kier molecular flexibility index (Phi) is 5.72. The van der Waals surface area contributed by atoms with Crippen LogP contribution in [-0.2, 0) is 6.54 Å². The second kappa shape index (κ2) is 8.18. The summed E-state index contributed by atoms with van der Waals surface area (Å²) in [6.07, 6.45) is 0. The number of hydrogen-bond donors (Lipinski definition) is 2. The number of rotatable bonds is 5. The van der Waals surface area contributed by atoms with Crippen molar-refractivity contribution >= 4 is 29.1 Å². The van der Waals surface area contributed by atoms with Gasteiger partial charge in [-0.1, -0.05) is 47.5 Å². The van der Waals surface area contributed by atoms with E-state index in [1.54, 1.807) is 12.1 Å². The molecule has 6 heteroatoms. The van der Waals surface area contributed by atoms with Crippen molar-refractivity contribution in [1.29, 1.82) is 0 Å². The van der Waals surface area contributed by atoms with E-state index in [0.29, 0.717) is 28.9 Å². The molecule has 3 rings (SSSR count). The van der Waals surface area contributed by atoms with Crippen LogP contribution in [0.1, 0.15) is 32.9 Å². The van der Waals surface area contributed by atoms with E-state index in [-0.39, 0.29) is 5.91 Å². The Morgan fingerprint density at radius 3 is 2.56 bits per heavy atom. The van der Waals surface area contributed by atoms with E-state index in [1.165, 1.54) is 5.56 Å². The highest BCUT2D eigenvalue weighted by Gasteiger charge is 2.12. The molecule has 0 fully saturated rings. The third-order valence-electron chi connectivity index (χ3n) is 4.11. The first-order valence-electron chi connectivity index (χ1n) is 8.64. The van der Waals surface area contributed by atoms with Crippen LogP contribution in [0.5, 0.6) is 0 Å². The van der Waals surface area contributed by atoms with E-state index < -0.39 is 0 Å². The second-order valence-electron chi connectivity index (χ2n) is 6.44. The van der Waals surface area contributed by atoms with E-state index >= 15 is 0 Å². The summed E-state index contributed by atoms with van der Waals surface area (Å²) in [5.74, 6) is 0.119. The topological polar surface area (TPSA) is 66.9 Å². The Morgan fingerprint density at radius 2 is 1.81 bits per heavy atom. The molecule has 138 valence electrons. The monoisotopic (exact) mass is 380 g/mol. The first kappa shape index (κ1) is 18.9. The van der Waals surface area contributed by atoms with Gasteiger partial charge in [-0.2, -0.15) is 0 Å². The number of aromatic nitrogens is 2. The zero-order valence-corrected chi connectivity index (χ0v) is 16.3. The highest BCUT2D eigenvalue weighted by Crippen LogP contribution is 2.20. The fourth-order valence-electron chi connectivity index (χ4n) is 2.72. The number of benzene rings is 2. The van der Waals surface area contributed by atoms with E-state index in [2.05, 4.69) is 26.7 Å². The summed E-state index contributed by atoms with van der Waals surface area (Å²) in [7, 11) is 0. The SMILES string of the molecule is Cc1ccc(Nc2nc(C)cc(C(=O)NCc3ccccc3Cl)n2)c(C)c1. The van der Waals surface area contributed by atoms with Gasteiger partial charge in [0.25, 0.3) is 5.91 Å². The van der Waals surface area contributed by atoms with Crippen molar-refractivity contribution in [3.05, 3.63) is 81.6 Å². The maximum absolute atomic E-state index is 12.5. The Hall–Kier alpha value is -2.92. The molecule has 1 heterocycles. The number of carbonyl (C=O) groups excluding carboxylic acids is 1. The maximum atomic E-state index is 12.5. The van der Waals surface area contributed by atoms with Crippen LogP contribution >= 0.6 is 11.6 Å². The lowest BCUT2D eigenvalue weighted by atomic mass is 10.1. The fourth-order valence-corrected chi connectivity index (χ4v) is 2.93. The zero-order valence-electron chi connectivity index (χ0n) is 15.5. The largest absolute Gasteiger partial charge is 0.347 e. The molecule has 5 nitrogen and oxygen atoms in total. The molecule has 0 aliphatic carbocycles. The van der Waals surface area contributed by atoms with Crippen molar-refractivity contribution in [3.8, 4) is 0 Å². The van der Waals surface area contributed by atoms with Crippen LogP contribution in [0.25, 0.3) is 0 Å². The highest BCUT2D eigenvalue weighted by atomic mass is 35.5. The van der Waals surface area contributed by atoms with Crippen LogP contribution in [0.4, 0.5) is 11.6 Å². The molecular weight excluding hydrogens is 360 g/mol. The van der Waals surface area contributed by atoms with Gasteiger partial charge in [0, 0.05) is 22.9 Å². The minimum atomic E-state index is -0.274. The molecule has 0 bridgehead atoms. The summed E-state index contributed by atoms with van der Waals surface area (Å²) in [6.45, 7) is 6.23. The molecule has 0 atom stereocenters. The molecule has 27 heavy (non-hydrogen) atoms. The highest BCUT2D eigenvalue weighted by molar-refractivity contribution is 6.31. The lowest BCUT2D eigenvalue weighted by Gasteiger charge is -2.11. The van der Waals surface area contributed by atoms with Gasteiger partial charge in [-0.3, -0.25) is 4.79 Å². The smallest absolute Gasteiger partial charge is 0.270 e. The lowest BCUT2D eigenvalue weighted by Crippen LogP contribution is -2.24. The van der Waals surface area contributed by atoms with E-state index in [4.69, 9.17) is 11.6 Å². The number of anilines is 2. The van der Waals surface area contributed by atoms with Crippen LogP contribution in [0.3, 0.4) is 0 Å². The van der Waals surface area contributed by atoms with Crippen molar-refractivity contribution < 1.29 is 4.79 Å². The van der Waals surface area contributed by atoms with E-state index in [0.717, 1.165) is 16.8 Å². The van der Waals surface area contributed by atoms with Gasteiger partial charge in [0.15, 0.2) is 0 Å². The molecule has 2 N–H and O–H groups in total. The van der Waals surface area contributed by atoms with Crippen molar-refractivity contribution in [2.45, 2.75) is 27.3 Å². The van der Waals surface area contributed by atoms with Gasteiger partial charge in [-0.05, 0) is 50.1 Å². The van der Waals surface area contributed by atoms with E-state index in [1.807, 2.05) is 51.1 Å². The molecule has 0 aliphatic rings. The summed E-state index contributed by atoms with van der Waals surface area (Å²) < 4.78 is 0. The van der Waals surface area contributed by atoms with Crippen LogP contribution in [0, 0.1) is 20.8 Å². The van der Waals surface area contributed by atoms with Crippen molar-refractivity contribution in [2.75, 3.05) is 5.32 Å². The first-order valence-corrected chi connectivity index (χ1v) is 9.02. The Morgan fingerprint density at radius 1 is 1.04 bits per heavy atom. The minimum absolute atomic E-state index is 0.274. The molecule has 3 aromatic rings. The molecule has 0 aliphatic heterocycles. The molecule has 2 aromatic carbocycles. The molecule has 0 radical (unpaired) electrons. The summed E-state index contributed by atoms with van der Waals surface area (Å²) >= 11 is 6.13. The Balaban J connectivity index is 1.76. The van der Waals surface area contributed by atoms with Gasteiger partial charge in [0.05, 0.1) is 0 Å². The standard InChI is InChI=1S/C21H21ClN4O/c1-13-8-9-18(14(2)10-13)25-21-24-15(3)11-19(26-21)20(27)23-12-16-6-4-5-7-17(16)22/h4-11H,12H2,1-3H3,(H,23,27)(H,24,25,26). The lowest BCUT2D eigenvalue weighted by molar-refractivity contribution is 0.0946. The fraction of sp³-hybridized carbons (Fsp3) is 0.190. The van der Waals surface area contributed by atoms with E-state index in [9.17, 15) is 4.79 Å².